The quantitative estimate of drug-likeness (QED) is 0.749. The zero-order valence-electron chi connectivity index (χ0n) is 15.3. The SMILES string of the molecule is O=C1CC[C@@H](N2Cc3ccc(N4CC5(CCNCC5)C4)cc3C2=O)C(=O)N1. The van der Waals surface area contributed by atoms with Crippen LogP contribution in [0.4, 0.5) is 5.69 Å². The first-order valence-electron chi connectivity index (χ1n) is 9.78. The van der Waals surface area contributed by atoms with Gasteiger partial charge in [0, 0.05) is 42.7 Å². The van der Waals surface area contributed by atoms with Gasteiger partial charge in [0.15, 0.2) is 0 Å². The molecule has 2 N–H and O–H groups in total. The van der Waals surface area contributed by atoms with Crippen molar-refractivity contribution >= 4 is 23.4 Å². The molecule has 3 saturated heterocycles. The summed E-state index contributed by atoms with van der Waals surface area (Å²) < 4.78 is 0. The van der Waals surface area contributed by atoms with Crippen LogP contribution in [0.5, 0.6) is 0 Å². The number of nitrogens with one attached hydrogen (secondary N) is 2. The number of rotatable bonds is 2. The Morgan fingerprint density at radius 1 is 1.07 bits per heavy atom. The Hall–Kier alpha value is -2.41. The van der Waals surface area contributed by atoms with Gasteiger partial charge in [0.25, 0.3) is 5.91 Å². The van der Waals surface area contributed by atoms with Crippen molar-refractivity contribution < 1.29 is 14.4 Å². The lowest BCUT2D eigenvalue weighted by molar-refractivity contribution is -0.136. The first-order chi connectivity index (χ1) is 13.0. The van der Waals surface area contributed by atoms with Gasteiger partial charge in [0.1, 0.15) is 6.04 Å². The van der Waals surface area contributed by atoms with E-state index < -0.39 is 6.04 Å². The molecule has 0 aromatic heterocycles. The number of anilines is 1. The molecule has 1 aromatic carbocycles. The highest BCUT2D eigenvalue weighted by molar-refractivity contribution is 6.05. The summed E-state index contributed by atoms with van der Waals surface area (Å²) in [5.41, 5.74) is 3.19. The van der Waals surface area contributed by atoms with E-state index in [2.05, 4.69) is 21.6 Å². The lowest BCUT2D eigenvalue weighted by atomic mass is 9.72. The average molecular weight is 368 g/mol. The van der Waals surface area contributed by atoms with Crippen molar-refractivity contribution in [2.24, 2.45) is 5.41 Å². The Labute approximate surface area is 158 Å². The number of carbonyl (C=O) groups excluding carboxylic acids is 3. The van der Waals surface area contributed by atoms with Gasteiger partial charge in [-0.05, 0) is 50.0 Å². The van der Waals surface area contributed by atoms with E-state index in [1.54, 1.807) is 4.90 Å². The molecule has 4 aliphatic heterocycles. The molecule has 27 heavy (non-hydrogen) atoms. The third-order valence-electron chi connectivity index (χ3n) is 6.59. The molecule has 0 radical (unpaired) electrons. The molecule has 1 spiro atoms. The van der Waals surface area contributed by atoms with E-state index in [1.165, 1.54) is 12.8 Å². The number of carbonyl (C=O) groups is 3. The minimum Gasteiger partial charge on any atom is -0.370 e. The summed E-state index contributed by atoms with van der Waals surface area (Å²) in [6, 6.07) is 5.54. The fourth-order valence-corrected chi connectivity index (χ4v) is 4.96. The average Bonchev–Trinajstić information content (AvgIpc) is 2.96. The van der Waals surface area contributed by atoms with Crippen LogP contribution >= 0.6 is 0 Å². The van der Waals surface area contributed by atoms with Gasteiger partial charge in [0.2, 0.25) is 11.8 Å². The van der Waals surface area contributed by atoms with Crippen molar-refractivity contribution in [1.82, 2.24) is 15.5 Å². The molecule has 4 heterocycles. The lowest BCUT2D eigenvalue weighted by Crippen LogP contribution is -2.60. The summed E-state index contributed by atoms with van der Waals surface area (Å²) in [6.45, 7) is 4.74. The van der Waals surface area contributed by atoms with Crippen molar-refractivity contribution in [3.63, 3.8) is 0 Å². The fraction of sp³-hybridized carbons (Fsp3) is 0.550. The molecule has 3 fully saturated rings. The third-order valence-corrected chi connectivity index (χ3v) is 6.59. The number of hydrogen-bond donors (Lipinski definition) is 2. The van der Waals surface area contributed by atoms with Gasteiger partial charge in [0.05, 0.1) is 0 Å². The zero-order chi connectivity index (χ0) is 18.6. The predicted molar refractivity (Wildman–Crippen MR) is 99.2 cm³/mol. The van der Waals surface area contributed by atoms with Crippen LogP contribution in [0.1, 0.15) is 41.6 Å². The van der Waals surface area contributed by atoms with Crippen LogP contribution in [0.3, 0.4) is 0 Å². The monoisotopic (exact) mass is 368 g/mol. The highest BCUT2D eigenvalue weighted by Crippen LogP contribution is 2.42. The summed E-state index contributed by atoms with van der Waals surface area (Å²) in [5.74, 6) is -0.714. The molecule has 1 atom stereocenters. The molecule has 3 amide bonds. The second kappa shape index (κ2) is 6.05. The maximum atomic E-state index is 12.9. The zero-order valence-corrected chi connectivity index (χ0v) is 15.3. The van der Waals surface area contributed by atoms with E-state index in [4.69, 9.17) is 0 Å². The number of benzene rings is 1. The van der Waals surface area contributed by atoms with Crippen LogP contribution in [0, 0.1) is 5.41 Å². The molecule has 1 aromatic rings. The van der Waals surface area contributed by atoms with Gasteiger partial charge in [-0.3, -0.25) is 19.7 Å². The molecule has 5 rings (SSSR count). The van der Waals surface area contributed by atoms with Crippen molar-refractivity contribution in [3.05, 3.63) is 29.3 Å². The van der Waals surface area contributed by atoms with Crippen LogP contribution < -0.4 is 15.5 Å². The molecule has 0 bridgehead atoms. The molecule has 0 unspecified atom stereocenters. The molecule has 142 valence electrons. The second-order valence-corrected chi connectivity index (χ2v) is 8.35. The summed E-state index contributed by atoms with van der Waals surface area (Å²) in [7, 11) is 0. The van der Waals surface area contributed by atoms with E-state index in [0.29, 0.717) is 23.9 Å². The summed E-state index contributed by atoms with van der Waals surface area (Å²) >= 11 is 0. The summed E-state index contributed by atoms with van der Waals surface area (Å²) in [6.07, 6.45) is 3.12. The largest absolute Gasteiger partial charge is 0.370 e. The van der Waals surface area contributed by atoms with E-state index in [9.17, 15) is 14.4 Å². The number of hydrogen-bond acceptors (Lipinski definition) is 5. The fourth-order valence-electron chi connectivity index (χ4n) is 4.96. The Bertz CT molecular complexity index is 823. The standard InChI is InChI=1S/C20H24N4O3/c25-17-4-3-16(18(26)22-17)24-10-13-1-2-14(9-15(13)19(24)27)23-11-20(12-23)5-7-21-8-6-20/h1-2,9,16,21H,3-8,10-12H2,(H,22,25,26)/t16-/m1/s1. The highest BCUT2D eigenvalue weighted by atomic mass is 16.2. The number of fused-ring (bicyclic) bond motifs is 1. The van der Waals surface area contributed by atoms with Crippen molar-refractivity contribution in [2.45, 2.75) is 38.3 Å². The molecule has 0 saturated carbocycles. The minimum absolute atomic E-state index is 0.0987. The van der Waals surface area contributed by atoms with E-state index >= 15 is 0 Å². The van der Waals surface area contributed by atoms with Gasteiger partial charge >= 0.3 is 0 Å². The topological polar surface area (TPSA) is 81.8 Å². The van der Waals surface area contributed by atoms with Gasteiger partial charge in [-0.25, -0.2) is 0 Å². The maximum Gasteiger partial charge on any atom is 0.255 e. The van der Waals surface area contributed by atoms with Gasteiger partial charge < -0.3 is 15.1 Å². The Morgan fingerprint density at radius 2 is 1.85 bits per heavy atom. The van der Waals surface area contributed by atoms with E-state index in [-0.39, 0.29) is 24.1 Å². The number of imide groups is 1. The Kier molecular flexibility index (Phi) is 3.75. The lowest BCUT2D eigenvalue weighted by Gasteiger charge is -2.53. The highest BCUT2D eigenvalue weighted by Gasteiger charge is 2.44. The van der Waals surface area contributed by atoms with Crippen LogP contribution in [-0.4, -0.2) is 54.8 Å². The number of piperidine rings is 2. The van der Waals surface area contributed by atoms with Gasteiger partial charge in [-0.1, -0.05) is 6.07 Å². The van der Waals surface area contributed by atoms with Crippen LogP contribution in [0.25, 0.3) is 0 Å². The maximum absolute atomic E-state index is 12.9. The second-order valence-electron chi connectivity index (χ2n) is 8.35. The minimum atomic E-state index is -0.548. The van der Waals surface area contributed by atoms with Crippen LogP contribution in [0.2, 0.25) is 0 Å². The molecular weight excluding hydrogens is 344 g/mol. The van der Waals surface area contributed by atoms with Crippen LogP contribution in [0.15, 0.2) is 18.2 Å². The van der Waals surface area contributed by atoms with Gasteiger partial charge in [-0.2, -0.15) is 0 Å². The first-order valence-corrected chi connectivity index (χ1v) is 9.78. The van der Waals surface area contributed by atoms with Crippen LogP contribution in [-0.2, 0) is 16.1 Å². The first kappa shape index (κ1) is 16.7. The smallest absolute Gasteiger partial charge is 0.255 e. The van der Waals surface area contributed by atoms with Crippen molar-refractivity contribution in [3.8, 4) is 0 Å². The molecule has 4 aliphatic rings. The number of nitrogens with zero attached hydrogens (tertiary/aromatic N) is 2. The Balaban J connectivity index is 1.31. The molecule has 7 nitrogen and oxygen atoms in total. The summed E-state index contributed by atoms with van der Waals surface area (Å²) in [4.78, 5) is 40.4. The van der Waals surface area contributed by atoms with Crippen molar-refractivity contribution in [1.29, 1.82) is 0 Å². The normalized spacial score (nSPS) is 26.8. The molecule has 7 heteroatoms. The summed E-state index contributed by atoms with van der Waals surface area (Å²) in [5, 5.41) is 5.77. The molecule has 0 aliphatic carbocycles. The van der Waals surface area contributed by atoms with E-state index in [1.807, 2.05) is 12.1 Å². The van der Waals surface area contributed by atoms with Crippen molar-refractivity contribution in [2.75, 3.05) is 31.1 Å². The van der Waals surface area contributed by atoms with E-state index in [0.717, 1.165) is 37.4 Å². The number of amides is 3. The molecular formula is C20H24N4O3. The predicted octanol–water partition coefficient (Wildman–Crippen LogP) is 0.637. The Morgan fingerprint density at radius 3 is 2.59 bits per heavy atom. The third kappa shape index (κ3) is 2.72. The van der Waals surface area contributed by atoms with Gasteiger partial charge in [-0.15, -0.1) is 0 Å².